The highest BCUT2D eigenvalue weighted by atomic mass is 16.3. The number of rotatable bonds is 5. The second-order valence-electron chi connectivity index (χ2n) is 7.82. The van der Waals surface area contributed by atoms with E-state index in [0.29, 0.717) is 11.8 Å². The molecule has 1 fully saturated rings. The summed E-state index contributed by atoms with van der Waals surface area (Å²) in [6.45, 7) is 7.76. The Hall–Kier alpha value is -1.66. The van der Waals surface area contributed by atoms with Crippen LogP contribution in [0.2, 0.25) is 0 Å². The van der Waals surface area contributed by atoms with Gasteiger partial charge < -0.3 is 9.52 Å². The molecule has 2 aliphatic rings. The number of aromatic nitrogens is 3. The highest BCUT2D eigenvalue weighted by Crippen LogP contribution is 2.37. The van der Waals surface area contributed by atoms with Crippen LogP contribution in [0.5, 0.6) is 0 Å². The van der Waals surface area contributed by atoms with Gasteiger partial charge in [-0.1, -0.05) is 20.3 Å². The fourth-order valence-electron chi connectivity index (χ4n) is 3.72. The van der Waals surface area contributed by atoms with Gasteiger partial charge in [0.1, 0.15) is 12.4 Å². The van der Waals surface area contributed by atoms with Crippen molar-refractivity contribution in [2.75, 3.05) is 6.54 Å². The first-order chi connectivity index (χ1) is 12.1. The summed E-state index contributed by atoms with van der Waals surface area (Å²) >= 11 is 0. The minimum atomic E-state index is -0.397. The third-order valence-corrected chi connectivity index (χ3v) is 5.46. The molecule has 1 saturated carbocycles. The topological polar surface area (TPSA) is 67.3 Å². The number of nitrogens with zero attached hydrogens (tertiary/aromatic N) is 4. The number of aryl methyl sites for hydroxylation is 1. The van der Waals surface area contributed by atoms with Crippen LogP contribution in [-0.4, -0.2) is 31.3 Å². The Bertz CT molecular complexity index is 717. The number of fused-ring (bicyclic) bond motifs is 1. The second kappa shape index (κ2) is 6.92. The van der Waals surface area contributed by atoms with Crippen LogP contribution >= 0.6 is 0 Å². The molecule has 6 nitrogen and oxygen atoms in total. The smallest absolute Gasteiger partial charge is 0.196 e. The molecule has 2 aromatic rings. The summed E-state index contributed by atoms with van der Waals surface area (Å²) in [5.74, 6) is 1.52. The third-order valence-electron chi connectivity index (χ3n) is 5.46. The average molecular weight is 344 g/mol. The lowest BCUT2D eigenvalue weighted by Gasteiger charge is -2.29. The Balaban J connectivity index is 1.45. The molecule has 1 aliphatic heterocycles. The highest BCUT2D eigenvalue weighted by Gasteiger charge is 2.29. The normalized spacial score (nSPS) is 20.3. The molecule has 0 bridgehead atoms. The van der Waals surface area contributed by atoms with Crippen molar-refractivity contribution in [1.82, 2.24) is 19.7 Å². The van der Waals surface area contributed by atoms with E-state index in [9.17, 15) is 5.11 Å². The average Bonchev–Trinajstić information content (AvgIpc) is 3.09. The van der Waals surface area contributed by atoms with Crippen LogP contribution < -0.4 is 0 Å². The molecule has 1 atom stereocenters. The number of aliphatic hydroxyl groups is 1. The van der Waals surface area contributed by atoms with E-state index < -0.39 is 6.10 Å². The van der Waals surface area contributed by atoms with Crippen LogP contribution in [0, 0.1) is 5.92 Å². The van der Waals surface area contributed by atoms with Gasteiger partial charge in [0.15, 0.2) is 5.89 Å². The number of aliphatic hydroxyl groups excluding tert-OH is 1. The zero-order valence-electron chi connectivity index (χ0n) is 15.2. The molecule has 1 aliphatic carbocycles. The minimum Gasteiger partial charge on any atom is -0.448 e. The van der Waals surface area contributed by atoms with Gasteiger partial charge >= 0.3 is 0 Å². The Morgan fingerprint density at radius 1 is 1.28 bits per heavy atom. The van der Waals surface area contributed by atoms with E-state index in [2.05, 4.69) is 39.6 Å². The monoisotopic (exact) mass is 344 g/mol. The van der Waals surface area contributed by atoms with Crippen LogP contribution in [0.3, 0.4) is 0 Å². The van der Waals surface area contributed by atoms with Crippen LogP contribution in [-0.2, 0) is 19.6 Å². The van der Waals surface area contributed by atoms with Crippen molar-refractivity contribution >= 4 is 0 Å². The van der Waals surface area contributed by atoms with Crippen molar-refractivity contribution < 1.29 is 9.52 Å². The second-order valence-corrected chi connectivity index (χ2v) is 7.82. The summed E-state index contributed by atoms with van der Waals surface area (Å²) in [6.07, 6.45) is 5.93. The molecule has 136 valence electrons. The molecule has 1 N–H and O–H groups in total. The lowest BCUT2D eigenvalue weighted by molar-refractivity contribution is 0.0581. The summed E-state index contributed by atoms with van der Waals surface area (Å²) < 4.78 is 7.64. The summed E-state index contributed by atoms with van der Waals surface area (Å²) in [5, 5.41) is 15.2. The van der Waals surface area contributed by atoms with E-state index >= 15 is 0 Å². The lowest BCUT2D eigenvalue weighted by atomic mass is 9.80. The van der Waals surface area contributed by atoms with Crippen LogP contribution in [0.4, 0.5) is 0 Å². The summed E-state index contributed by atoms with van der Waals surface area (Å²) in [6, 6.07) is 2.10. The molecule has 0 aromatic carbocycles. The molecule has 0 saturated heterocycles. The first-order valence-electron chi connectivity index (χ1n) is 9.51. The van der Waals surface area contributed by atoms with Crippen molar-refractivity contribution in [2.45, 2.75) is 71.2 Å². The molecule has 0 spiro atoms. The molecule has 0 radical (unpaired) electrons. The molecule has 1 unspecified atom stereocenters. The zero-order chi connectivity index (χ0) is 17.4. The minimum absolute atomic E-state index is 0.315. The van der Waals surface area contributed by atoms with Gasteiger partial charge in [0, 0.05) is 32.1 Å². The molecule has 25 heavy (non-hydrogen) atoms. The standard InChI is InChI=1S/C19H28N4O2/c1-13(2)19-20-15(12-25-19)10-22-7-4-8-23-16(11-22)9-17(21-23)18(24)14-5-3-6-14/h9,12-14,18,24H,3-8,10-11H2,1-2H3. The Morgan fingerprint density at radius 2 is 2.12 bits per heavy atom. The Labute approximate surface area is 148 Å². The van der Waals surface area contributed by atoms with Gasteiger partial charge in [-0.15, -0.1) is 0 Å². The molecule has 3 heterocycles. The molecular formula is C19H28N4O2. The van der Waals surface area contributed by atoms with Crippen molar-refractivity contribution in [3.8, 4) is 0 Å². The lowest BCUT2D eigenvalue weighted by Crippen LogP contribution is -2.23. The number of hydrogen-bond acceptors (Lipinski definition) is 5. The predicted molar refractivity (Wildman–Crippen MR) is 93.9 cm³/mol. The summed E-state index contributed by atoms with van der Waals surface area (Å²) in [7, 11) is 0. The van der Waals surface area contributed by atoms with Crippen molar-refractivity contribution in [3.63, 3.8) is 0 Å². The first kappa shape index (κ1) is 16.8. The Kier molecular flexibility index (Phi) is 4.65. The van der Waals surface area contributed by atoms with Crippen LogP contribution in [0.25, 0.3) is 0 Å². The summed E-state index contributed by atoms with van der Waals surface area (Å²) in [4.78, 5) is 6.99. The van der Waals surface area contributed by atoms with E-state index in [1.165, 1.54) is 12.1 Å². The molecule has 2 aromatic heterocycles. The molecule has 0 amide bonds. The molecule has 4 rings (SSSR count). The maximum atomic E-state index is 10.5. The fourth-order valence-corrected chi connectivity index (χ4v) is 3.72. The third kappa shape index (κ3) is 3.51. The zero-order valence-corrected chi connectivity index (χ0v) is 15.2. The van der Waals surface area contributed by atoms with Gasteiger partial charge in [0.05, 0.1) is 17.1 Å². The van der Waals surface area contributed by atoms with E-state index in [4.69, 9.17) is 4.42 Å². The maximum Gasteiger partial charge on any atom is 0.196 e. The van der Waals surface area contributed by atoms with Gasteiger partial charge in [-0.2, -0.15) is 5.10 Å². The van der Waals surface area contributed by atoms with Crippen LogP contribution in [0.1, 0.15) is 74.5 Å². The number of oxazole rings is 1. The van der Waals surface area contributed by atoms with Gasteiger partial charge in [0.2, 0.25) is 0 Å². The summed E-state index contributed by atoms with van der Waals surface area (Å²) in [5.41, 5.74) is 3.04. The van der Waals surface area contributed by atoms with Gasteiger partial charge in [-0.3, -0.25) is 9.58 Å². The number of hydrogen-bond donors (Lipinski definition) is 1. The quantitative estimate of drug-likeness (QED) is 0.902. The fraction of sp³-hybridized carbons (Fsp3) is 0.684. The van der Waals surface area contributed by atoms with Crippen molar-refractivity contribution in [2.24, 2.45) is 5.92 Å². The van der Waals surface area contributed by atoms with E-state index in [1.54, 1.807) is 6.26 Å². The van der Waals surface area contributed by atoms with E-state index in [-0.39, 0.29) is 0 Å². The predicted octanol–water partition coefficient (Wildman–Crippen LogP) is 3.23. The Morgan fingerprint density at radius 3 is 2.80 bits per heavy atom. The largest absolute Gasteiger partial charge is 0.448 e. The van der Waals surface area contributed by atoms with E-state index in [0.717, 1.165) is 62.7 Å². The van der Waals surface area contributed by atoms with E-state index in [1.807, 2.05) is 0 Å². The van der Waals surface area contributed by atoms with Crippen LogP contribution in [0.15, 0.2) is 16.7 Å². The molecular weight excluding hydrogens is 316 g/mol. The first-order valence-corrected chi connectivity index (χ1v) is 9.51. The van der Waals surface area contributed by atoms with Crippen molar-refractivity contribution in [3.05, 3.63) is 35.3 Å². The maximum absolute atomic E-state index is 10.5. The molecule has 6 heteroatoms. The van der Waals surface area contributed by atoms with Crippen molar-refractivity contribution in [1.29, 1.82) is 0 Å². The van der Waals surface area contributed by atoms with Gasteiger partial charge in [0.25, 0.3) is 0 Å². The van der Waals surface area contributed by atoms with Gasteiger partial charge in [-0.25, -0.2) is 4.98 Å². The SMILES string of the molecule is CC(C)c1nc(CN2CCCn3nc(C(O)C4CCC4)cc3C2)co1. The highest BCUT2D eigenvalue weighted by molar-refractivity contribution is 5.15. The van der Waals surface area contributed by atoms with Gasteiger partial charge in [-0.05, 0) is 31.2 Å².